The van der Waals surface area contributed by atoms with Gasteiger partial charge in [-0.3, -0.25) is 5.04 Å². The van der Waals surface area contributed by atoms with Gasteiger partial charge in [-0.2, -0.15) is 21.0 Å². The fraction of sp³-hybridized carbons (Fsp3) is 0. The fourth-order valence-electron chi connectivity index (χ4n) is 0.204. The molecule has 0 amide bonds. The molecule has 16 nitrogen and oxygen atoms in total. The van der Waals surface area contributed by atoms with Crippen LogP contribution in [-0.4, -0.2) is 34.0 Å². The second-order valence-electron chi connectivity index (χ2n) is 1.77. The van der Waals surface area contributed by atoms with Crippen molar-refractivity contribution in [2.75, 3.05) is 0 Å². The predicted octanol–water partition coefficient (Wildman–Crippen LogP) is -6.59. The monoisotopic (exact) mass is 384 g/mol. The minimum Gasteiger partial charge on any atom is -0.725 e. The van der Waals surface area contributed by atoms with Crippen molar-refractivity contribution in [3.05, 3.63) is 0 Å². The minimum atomic E-state index is -5.46. The summed E-state index contributed by atoms with van der Waals surface area (Å²) < 4.78 is 87.6. The van der Waals surface area contributed by atoms with Crippen molar-refractivity contribution in [1.29, 1.82) is 0 Å². The summed E-state index contributed by atoms with van der Waals surface area (Å²) in [5, 5.41) is 29.7. The Morgan fingerprint density at radius 1 is 0.850 bits per heavy atom. The molecule has 0 N–H and O–H groups in total. The smallest absolute Gasteiger partial charge is 0.405 e. The van der Waals surface area contributed by atoms with Crippen molar-refractivity contribution in [3.8, 4) is 0 Å². The zero-order valence-corrected chi connectivity index (χ0v) is 11.4. The summed E-state index contributed by atoms with van der Waals surface area (Å²) in [6, 6.07) is 0. The van der Waals surface area contributed by atoms with Gasteiger partial charge >= 0.3 is 28.7 Å². The van der Waals surface area contributed by atoms with Crippen LogP contribution in [0.15, 0.2) is 0 Å². The number of hydrogen-bond acceptors (Lipinski definition) is 16. The minimum absolute atomic E-state index is 2.23. The van der Waals surface area contributed by atoms with Crippen LogP contribution in [0.1, 0.15) is 0 Å². The van der Waals surface area contributed by atoms with Gasteiger partial charge < -0.3 is 29.0 Å². The molecule has 1 atom stereocenters. The SMILES string of the molecule is O=S(=O)([O-])OS(=O)(=O)O[O-].O=S(=O)=S(=O)(O[O-])OO[O-]. The Hall–Kier alpha value is -0.490. The van der Waals surface area contributed by atoms with E-state index in [2.05, 4.69) is 21.7 Å². The van der Waals surface area contributed by atoms with E-state index in [1.54, 1.807) is 0 Å². The Morgan fingerprint density at radius 3 is 1.40 bits per heavy atom. The largest absolute Gasteiger partial charge is 0.725 e. The first kappa shape index (κ1) is 21.8. The molecular formula is O16S4-4. The van der Waals surface area contributed by atoms with Crippen LogP contribution in [0, 0.1) is 0 Å². The molecule has 0 saturated carbocycles. The molecule has 20 heavy (non-hydrogen) atoms. The molecular weight excluding hydrogens is 384 g/mol. The Morgan fingerprint density at radius 2 is 1.30 bits per heavy atom. The van der Waals surface area contributed by atoms with Gasteiger partial charge in [0.25, 0.3) is 0 Å². The zero-order chi connectivity index (χ0) is 16.6. The van der Waals surface area contributed by atoms with Gasteiger partial charge in [-0.05, 0) is 0 Å². The van der Waals surface area contributed by atoms with Crippen LogP contribution < -0.4 is 15.8 Å². The van der Waals surface area contributed by atoms with Crippen molar-refractivity contribution in [3.63, 3.8) is 0 Å². The van der Waals surface area contributed by atoms with E-state index in [-0.39, 0.29) is 0 Å². The lowest BCUT2D eigenvalue weighted by Gasteiger charge is -2.09. The van der Waals surface area contributed by atoms with Crippen molar-refractivity contribution in [1.82, 2.24) is 0 Å². The molecule has 0 aliphatic carbocycles. The average Bonchev–Trinajstić information content (AvgIpc) is 2.27. The van der Waals surface area contributed by atoms with E-state index in [0.717, 1.165) is 0 Å². The zero-order valence-electron chi connectivity index (χ0n) is 8.16. The Kier molecular flexibility index (Phi) is 9.51. The van der Waals surface area contributed by atoms with Crippen molar-refractivity contribution in [2.24, 2.45) is 0 Å². The highest BCUT2D eigenvalue weighted by Crippen LogP contribution is 1.95. The number of rotatable bonds is 6. The van der Waals surface area contributed by atoms with Gasteiger partial charge in [-0.25, -0.2) is 8.42 Å². The molecule has 0 heterocycles. The molecule has 0 bridgehead atoms. The van der Waals surface area contributed by atoms with Gasteiger partial charge in [0, 0.05) is 0 Å². The highest BCUT2D eigenvalue weighted by atomic mass is 32.9. The van der Waals surface area contributed by atoms with E-state index in [1.807, 2.05) is 0 Å². The van der Waals surface area contributed by atoms with Crippen molar-refractivity contribution >= 4 is 39.1 Å². The van der Waals surface area contributed by atoms with E-state index in [9.17, 15) is 39.3 Å². The lowest BCUT2D eigenvalue weighted by atomic mass is 14.6. The second-order valence-corrected chi connectivity index (χ2v) is 7.62. The molecule has 0 aromatic carbocycles. The lowest BCUT2D eigenvalue weighted by molar-refractivity contribution is -0.781. The third kappa shape index (κ3) is 10.3. The first-order chi connectivity index (χ1) is 8.83. The van der Waals surface area contributed by atoms with Gasteiger partial charge in [0.2, 0.25) is 10.4 Å². The molecule has 20 heteroatoms. The molecule has 0 aromatic heterocycles. The molecule has 0 aromatic rings. The molecule has 0 saturated heterocycles. The molecule has 0 aliphatic heterocycles. The summed E-state index contributed by atoms with van der Waals surface area (Å²) in [6.07, 6.45) is 0. The van der Waals surface area contributed by atoms with Gasteiger partial charge in [0.15, 0.2) is 0 Å². The maximum atomic E-state index is 10.2. The number of hydrogen-bond donors (Lipinski definition) is 0. The third-order valence-electron chi connectivity index (χ3n) is 0.611. The first-order valence-corrected chi connectivity index (χ1v) is 8.67. The molecule has 0 spiro atoms. The quantitative estimate of drug-likeness (QED) is 0.178. The van der Waals surface area contributed by atoms with Gasteiger partial charge in [0.1, 0.15) is 0 Å². The summed E-state index contributed by atoms with van der Waals surface area (Å²) in [4.78, 5) is 0. The second kappa shape index (κ2) is 8.72. The highest BCUT2D eigenvalue weighted by molar-refractivity contribution is 8.32. The predicted molar refractivity (Wildman–Crippen MR) is 41.1 cm³/mol. The normalized spacial score (nSPS) is 14.8. The van der Waals surface area contributed by atoms with Crippen LogP contribution in [0.25, 0.3) is 0 Å². The van der Waals surface area contributed by atoms with E-state index < -0.39 is 39.1 Å². The van der Waals surface area contributed by atoms with Crippen LogP contribution >= 0.6 is 0 Å². The highest BCUT2D eigenvalue weighted by Gasteiger charge is 2.10. The van der Waals surface area contributed by atoms with Crippen LogP contribution in [-0.2, 0) is 60.8 Å². The van der Waals surface area contributed by atoms with Gasteiger partial charge in [-0.15, -0.1) is 7.96 Å². The third-order valence-corrected chi connectivity index (χ3v) is 4.17. The summed E-state index contributed by atoms with van der Waals surface area (Å²) in [7, 11) is -18.8. The fourth-order valence-corrected chi connectivity index (χ4v) is 1.63. The molecule has 0 radical (unpaired) electrons. The lowest BCUT2D eigenvalue weighted by Crippen LogP contribution is -2.21. The molecule has 124 valence electrons. The maximum absolute atomic E-state index is 10.2. The Balaban J connectivity index is 0. The summed E-state index contributed by atoms with van der Waals surface area (Å²) in [5.74, 6) is 0. The Bertz CT molecular complexity index is 680. The molecule has 1 unspecified atom stereocenters. The molecule has 0 aliphatic rings. The van der Waals surface area contributed by atoms with Crippen molar-refractivity contribution in [2.45, 2.75) is 0 Å². The summed E-state index contributed by atoms with van der Waals surface area (Å²) >= 11 is 0. The maximum Gasteiger partial charge on any atom is 0.405 e. The van der Waals surface area contributed by atoms with Crippen LogP contribution in [0.3, 0.4) is 0 Å². The summed E-state index contributed by atoms with van der Waals surface area (Å²) in [6.45, 7) is 0. The Labute approximate surface area is 111 Å². The van der Waals surface area contributed by atoms with E-state index >= 15 is 0 Å². The van der Waals surface area contributed by atoms with Crippen LogP contribution in [0.5, 0.6) is 0 Å². The van der Waals surface area contributed by atoms with E-state index in [1.165, 1.54) is 0 Å². The molecule has 0 fully saturated rings. The molecule has 0 rings (SSSR count). The average molecular weight is 384 g/mol. The van der Waals surface area contributed by atoms with Crippen LogP contribution in [0.2, 0.25) is 0 Å². The van der Waals surface area contributed by atoms with Gasteiger partial charge in [-0.1, -0.05) is 0 Å². The van der Waals surface area contributed by atoms with Gasteiger partial charge in [0.05, 0.1) is 0 Å². The van der Waals surface area contributed by atoms with E-state index in [4.69, 9.17) is 10.5 Å². The van der Waals surface area contributed by atoms with E-state index in [0.29, 0.717) is 0 Å². The topological polar surface area (TPSA) is 258 Å². The van der Waals surface area contributed by atoms with Crippen LogP contribution in [0.4, 0.5) is 0 Å². The summed E-state index contributed by atoms with van der Waals surface area (Å²) in [5.41, 5.74) is 0. The van der Waals surface area contributed by atoms with Crippen molar-refractivity contribution < 1.29 is 71.5 Å². The standard InChI is InChI=1S/2H2O8S2/c1-7-10(5,6)8-9(2,3)4;1-6-8-10(5,7-2)9(3)4/h1H,(H,2,3,4);1-2H/p-4. The first-order valence-electron chi connectivity index (χ1n) is 3.00.